The molecule has 18 heavy (non-hydrogen) atoms. The number of amides is 1. The van der Waals surface area contributed by atoms with Crippen molar-refractivity contribution in [3.8, 4) is 5.75 Å². The molecule has 1 amide bonds. The lowest BCUT2D eigenvalue weighted by molar-refractivity contribution is 0.0951. The third-order valence-corrected chi connectivity index (χ3v) is 3.36. The van der Waals surface area contributed by atoms with Crippen molar-refractivity contribution in [1.29, 1.82) is 0 Å². The Hall–Kier alpha value is -1.81. The van der Waals surface area contributed by atoms with Crippen molar-refractivity contribution in [2.24, 2.45) is 0 Å². The maximum absolute atomic E-state index is 11.7. The second-order valence-corrected chi connectivity index (χ2v) is 5.12. The van der Waals surface area contributed by atoms with Gasteiger partial charge in [-0.3, -0.25) is 4.79 Å². The molecule has 2 rings (SSSR count). The Morgan fingerprint density at radius 3 is 2.67 bits per heavy atom. The van der Waals surface area contributed by atoms with Crippen molar-refractivity contribution >= 4 is 17.2 Å². The van der Waals surface area contributed by atoms with E-state index in [2.05, 4.69) is 5.32 Å². The summed E-state index contributed by atoms with van der Waals surface area (Å²) >= 11 is 1.50. The molecule has 0 saturated heterocycles. The van der Waals surface area contributed by atoms with Gasteiger partial charge >= 0.3 is 0 Å². The van der Waals surface area contributed by atoms with Gasteiger partial charge in [0.2, 0.25) is 0 Å². The van der Waals surface area contributed by atoms with E-state index in [0.29, 0.717) is 13.2 Å². The Morgan fingerprint density at radius 1 is 1.22 bits per heavy atom. The van der Waals surface area contributed by atoms with Crippen LogP contribution in [-0.2, 0) is 0 Å². The first kappa shape index (κ1) is 12.6. The maximum Gasteiger partial charge on any atom is 0.261 e. The molecule has 2 aromatic rings. The van der Waals surface area contributed by atoms with Gasteiger partial charge in [-0.1, -0.05) is 18.2 Å². The summed E-state index contributed by atoms with van der Waals surface area (Å²) in [6.07, 6.45) is 0. The molecule has 0 unspecified atom stereocenters. The van der Waals surface area contributed by atoms with E-state index in [1.54, 1.807) is 0 Å². The lowest BCUT2D eigenvalue weighted by Crippen LogP contribution is -2.27. The minimum Gasteiger partial charge on any atom is -0.492 e. The van der Waals surface area contributed by atoms with Crippen molar-refractivity contribution in [2.45, 2.75) is 6.92 Å². The minimum absolute atomic E-state index is 0.0373. The summed E-state index contributed by atoms with van der Waals surface area (Å²) in [6.45, 7) is 2.96. The highest BCUT2D eigenvalue weighted by Crippen LogP contribution is 2.14. The molecule has 0 aliphatic carbocycles. The normalized spacial score (nSPS) is 10.1. The average molecular weight is 261 g/mol. The SMILES string of the molecule is Cc1ccc(C(=O)NCCOc2ccccc2)s1. The van der Waals surface area contributed by atoms with Crippen LogP contribution in [0.5, 0.6) is 5.75 Å². The van der Waals surface area contributed by atoms with E-state index in [1.807, 2.05) is 49.4 Å². The molecule has 0 spiro atoms. The van der Waals surface area contributed by atoms with Crippen molar-refractivity contribution in [3.05, 3.63) is 52.2 Å². The Balaban J connectivity index is 1.71. The first-order valence-corrected chi connectivity index (χ1v) is 6.60. The quantitative estimate of drug-likeness (QED) is 0.840. The number of thiophene rings is 1. The Labute approximate surface area is 110 Å². The monoisotopic (exact) mass is 261 g/mol. The fraction of sp³-hybridized carbons (Fsp3) is 0.214. The molecule has 3 nitrogen and oxygen atoms in total. The van der Waals surface area contributed by atoms with Crippen molar-refractivity contribution in [3.63, 3.8) is 0 Å². The van der Waals surface area contributed by atoms with Gasteiger partial charge < -0.3 is 10.1 Å². The summed E-state index contributed by atoms with van der Waals surface area (Å²) < 4.78 is 5.49. The van der Waals surface area contributed by atoms with Crippen LogP contribution in [0.15, 0.2) is 42.5 Å². The van der Waals surface area contributed by atoms with Crippen LogP contribution in [0.2, 0.25) is 0 Å². The largest absolute Gasteiger partial charge is 0.492 e. The molecule has 0 saturated carbocycles. The van der Waals surface area contributed by atoms with Crippen LogP contribution < -0.4 is 10.1 Å². The van der Waals surface area contributed by atoms with Crippen molar-refractivity contribution in [2.75, 3.05) is 13.2 Å². The standard InChI is InChI=1S/C14H15NO2S/c1-11-7-8-13(18-11)14(16)15-9-10-17-12-5-3-2-4-6-12/h2-8H,9-10H2,1H3,(H,15,16). The number of ether oxygens (including phenoxy) is 1. The van der Waals surface area contributed by atoms with Gasteiger partial charge in [0.25, 0.3) is 5.91 Å². The van der Waals surface area contributed by atoms with Crippen molar-refractivity contribution in [1.82, 2.24) is 5.32 Å². The number of nitrogens with one attached hydrogen (secondary N) is 1. The summed E-state index contributed by atoms with van der Waals surface area (Å²) in [5, 5.41) is 2.83. The zero-order valence-corrected chi connectivity index (χ0v) is 11.0. The van der Waals surface area contributed by atoms with Crippen LogP contribution in [-0.4, -0.2) is 19.1 Å². The number of para-hydroxylation sites is 1. The van der Waals surface area contributed by atoms with Crippen LogP contribution in [0, 0.1) is 6.92 Å². The van der Waals surface area contributed by atoms with Crippen LogP contribution in [0.25, 0.3) is 0 Å². The van der Waals surface area contributed by atoms with Gasteiger partial charge in [0.1, 0.15) is 12.4 Å². The first-order valence-electron chi connectivity index (χ1n) is 5.78. The van der Waals surface area contributed by atoms with Crippen LogP contribution in [0.1, 0.15) is 14.5 Å². The average Bonchev–Trinajstić information content (AvgIpc) is 2.82. The van der Waals surface area contributed by atoms with Gasteiger partial charge in [-0.25, -0.2) is 0 Å². The lowest BCUT2D eigenvalue weighted by Gasteiger charge is -2.06. The molecule has 0 atom stereocenters. The smallest absolute Gasteiger partial charge is 0.261 e. The van der Waals surface area contributed by atoms with E-state index in [9.17, 15) is 4.79 Å². The molecule has 0 radical (unpaired) electrons. The summed E-state index contributed by atoms with van der Waals surface area (Å²) in [6, 6.07) is 13.3. The van der Waals surface area contributed by atoms with E-state index in [-0.39, 0.29) is 5.91 Å². The molecule has 0 aliphatic rings. The summed E-state index contributed by atoms with van der Waals surface area (Å²) in [4.78, 5) is 13.6. The Morgan fingerprint density at radius 2 is 2.00 bits per heavy atom. The van der Waals surface area contributed by atoms with E-state index in [0.717, 1.165) is 15.5 Å². The van der Waals surface area contributed by atoms with Gasteiger partial charge in [-0.2, -0.15) is 0 Å². The van der Waals surface area contributed by atoms with Crippen molar-refractivity contribution < 1.29 is 9.53 Å². The topological polar surface area (TPSA) is 38.3 Å². The third kappa shape index (κ3) is 3.60. The predicted octanol–water partition coefficient (Wildman–Crippen LogP) is 2.87. The van der Waals surface area contributed by atoms with E-state index in [1.165, 1.54) is 11.3 Å². The van der Waals surface area contributed by atoms with Crippen LogP contribution in [0.3, 0.4) is 0 Å². The number of hydrogen-bond acceptors (Lipinski definition) is 3. The highest BCUT2D eigenvalue weighted by molar-refractivity contribution is 7.13. The fourth-order valence-electron chi connectivity index (χ4n) is 1.49. The molecule has 4 heteroatoms. The van der Waals surface area contributed by atoms with E-state index < -0.39 is 0 Å². The maximum atomic E-state index is 11.7. The molecule has 1 aromatic heterocycles. The number of hydrogen-bond donors (Lipinski definition) is 1. The number of aryl methyl sites for hydroxylation is 1. The summed E-state index contributed by atoms with van der Waals surface area (Å²) in [5.74, 6) is 0.781. The first-order chi connectivity index (χ1) is 8.75. The minimum atomic E-state index is -0.0373. The van der Waals surface area contributed by atoms with Crippen LogP contribution >= 0.6 is 11.3 Å². The molecule has 0 aliphatic heterocycles. The zero-order chi connectivity index (χ0) is 12.8. The Bertz CT molecular complexity index is 508. The van der Waals surface area contributed by atoms with Gasteiger partial charge in [-0.05, 0) is 31.2 Å². The zero-order valence-electron chi connectivity index (χ0n) is 10.2. The molecular weight excluding hydrogens is 246 g/mol. The predicted molar refractivity (Wildman–Crippen MR) is 73.3 cm³/mol. The molecule has 1 heterocycles. The van der Waals surface area contributed by atoms with E-state index >= 15 is 0 Å². The van der Waals surface area contributed by atoms with Gasteiger partial charge in [0, 0.05) is 4.88 Å². The Kier molecular flexibility index (Phi) is 4.36. The summed E-state index contributed by atoms with van der Waals surface area (Å²) in [7, 11) is 0. The van der Waals surface area contributed by atoms with E-state index in [4.69, 9.17) is 4.74 Å². The molecule has 94 valence electrons. The number of carbonyl (C=O) groups is 1. The molecule has 1 aromatic carbocycles. The lowest BCUT2D eigenvalue weighted by atomic mass is 10.3. The highest BCUT2D eigenvalue weighted by atomic mass is 32.1. The highest BCUT2D eigenvalue weighted by Gasteiger charge is 2.06. The molecule has 0 fully saturated rings. The van der Waals surface area contributed by atoms with Gasteiger partial charge in [0.05, 0.1) is 11.4 Å². The molecular formula is C14H15NO2S. The number of benzene rings is 1. The second kappa shape index (κ2) is 6.21. The number of rotatable bonds is 5. The molecule has 1 N–H and O–H groups in total. The fourth-order valence-corrected chi connectivity index (χ4v) is 2.28. The summed E-state index contributed by atoms with van der Waals surface area (Å²) in [5.41, 5.74) is 0. The second-order valence-electron chi connectivity index (χ2n) is 3.83. The van der Waals surface area contributed by atoms with Crippen LogP contribution in [0.4, 0.5) is 0 Å². The number of carbonyl (C=O) groups excluding carboxylic acids is 1. The van der Waals surface area contributed by atoms with Gasteiger partial charge in [-0.15, -0.1) is 11.3 Å². The van der Waals surface area contributed by atoms with Gasteiger partial charge in [0.15, 0.2) is 0 Å². The molecule has 0 bridgehead atoms. The third-order valence-electron chi connectivity index (χ3n) is 2.36.